The van der Waals surface area contributed by atoms with Crippen LogP contribution in [-0.2, 0) is 16.0 Å². The lowest BCUT2D eigenvalue weighted by molar-refractivity contribution is -0.141. The Balaban J connectivity index is 1.98. The minimum absolute atomic E-state index is 0.175. The number of hydrogen-bond donors (Lipinski definition) is 2. The number of carbonyl (C=O) groups is 3. The number of aryl methyl sites for hydroxylation is 1. The molecule has 0 radical (unpaired) electrons. The highest BCUT2D eigenvalue weighted by atomic mass is 16.5. The van der Waals surface area contributed by atoms with E-state index in [9.17, 15) is 19.5 Å². The molecule has 0 aromatic heterocycles. The number of aliphatic carboxylic acids is 1. The molecule has 8 heteroatoms. The van der Waals surface area contributed by atoms with Crippen LogP contribution in [0.2, 0.25) is 0 Å². The Kier molecular flexibility index (Phi) is 9.53. The molecule has 0 spiro atoms. The summed E-state index contributed by atoms with van der Waals surface area (Å²) in [5, 5.41) is 11.8. The summed E-state index contributed by atoms with van der Waals surface area (Å²) in [6.45, 7) is -0.175. The van der Waals surface area contributed by atoms with E-state index in [-0.39, 0.29) is 18.7 Å². The minimum atomic E-state index is -1.06. The molecule has 2 aromatic rings. The molecule has 2 rings (SSSR count). The maximum absolute atomic E-state index is 12.6. The van der Waals surface area contributed by atoms with Crippen molar-refractivity contribution in [3.05, 3.63) is 53.6 Å². The van der Waals surface area contributed by atoms with Crippen molar-refractivity contribution in [3.63, 3.8) is 0 Å². The molecule has 0 bridgehead atoms. The Bertz CT molecular complexity index is 902. The standard InChI is InChI=1S/C24H29NO7/c1-30-20-12-16(13-21(31-2)23(20)32-3)8-7-11-18(14-22(27)28)24(29)25-15-19(26)17-9-5-4-6-10-17/h4-6,9-10,12-13,18H,7-8,11,14-15H2,1-3H3,(H,25,29)(H,27,28)/t18-/m1/s1. The van der Waals surface area contributed by atoms with Gasteiger partial charge < -0.3 is 24.6 Å². The number of carboxylic acids is 1. The number of carboxylic acid groups (broad SMARTS) is 1. The molecule has 172 valence electrons. The number of ether oxygens (including phenoxy) is 3. The first-order valence-corrected chi connectivity index (χ1v) is 10.3. The van der Waals surface area contributed by atoms with Gasteiger partial charge in [-0.1, -0.05) is 30.3 Å². The predicted molar refractivity (Wildman–Crippen MR) is 119 cm³/mol. The van der Waals surface area contributed by atoms with Crippen molar-refractivity contribution in [2.45, 2.75) is 25.7 Å². The molecule has 32 heavy (non-hydrogen) atoms. The van der Waals surface area contributed by atoms with Crippen LogP contribution < -0.4 is 19.5 Å². The van der Waals surface area contributed by atoms with Crippen LogP contribution in [0.25, 0.3) is 0 Å². The molecular formula is C24H29NO7. The Morgan fingerprint density at radius 3 is 2.12 bits per heavy atom. The van der Waals surface area contributed by atoms with Crippen molar-refractivity contribution in [1.82, 2.24) is 5.32 Å². The molecule has 1 amide bonds. The van der Waals surface area contributed by atoms with Crippen LogP contribution in [0, 0.1) is 5.92 Å². The van der Waals surface area contributed by atoms with Crippen LogP contribution in [0.3, 0.4) is 0 Å². The maximum Gasteiger partial charge on any atom is 0.304 e. The van der Waals surface area contributed by atoms with E-state index in [1.165, 1.54) is 21.3 Å². The molecule has 0 fully saturated rings. The average molecular weight is 443 g/mol. The van der Waals surface area contributed by atoms with E-state index in [1.807, 2.05) is 12.1 Å². The summed E-state index contributed by atoms with van der Waals surface area (Å²) in [7, 11) is 4.59. The van der Waals surface area contributed by atoms with Gasteiger partial charge in [-0.3, -0.25) is 14.4 Å². The predicted octanol–water partition coefficient (Wildman–Crippen LogP) is 3.13. The highest BCUT2D eigenvalue weighted by Gasteiger charge is 2.22. The van der Waals surface area contributed by atoms with Crippen LogP contribution in [0.5, 0.6) is 17.2 Å². The monoisotopic (exact) mass is 443 g/mol. The molecule has 0 saturated heterocycles. The molecule has 2 N–H and O–H groups in total. The summed E-state index contributed by atoms with van der Waals surface area (Å²) < 4.78 is 16.0. The van der Waals surface area contributed by atoms with Gasteiger partial charge in [-0.25, -0.2) is 0 Å². The van der Waals surface area contributed by atoms with Crippen molar-refractivity contribution >= 4 is 17.7 Å². The topological polar surface area (TPSA) is 111 Å². The molecule has 0 unspecified atom stereocenters. The highest BCUT2D eigenvalue weighted by molar-refractivity contribution is 5.99. The lowest BCUT2D eigenvalue weighted by atomic mass is 9.95. The van der Waals surface area contributed by atoms with Gasteiger partial charge in [-0.05, 0) is 37.0 Å². The van der Waals surface area contributed by atoms with E-state index < -0.39 is 17.8 Å². The van der Waals surface area contributed by atoms with Crippen LogP contribution in [0.1, 0.15) is 35.2 Å². The Hall–Kier alpha value is -3.55. The molecule has 0 heterocycles. The molecule has 0 aliphatic rings. The number of carbonyl (C=O) groups excluding carboxylic acids is 2. The third-order valence-electron chi connectivity index (χ3n) is 5.05. The van der Waals surface area contributed by atoms with Gasteiger partial charge in [0.05, 0.1) is 34.3 Å². The number of nitrogens with one attached hydrogen (secondary N) is 1. The van der Waals surface area contributed by atoms with Gasteiger partial charge in [-0.2, -0.15) is 0 Å². The lowest BCUT2D eigenvalue weighted by Crippen LogP contribution is -2.35. The van der Waals surface area contributed by atoms with Crippen molar-refractivity contribution in [3.8, 4) is 17.2 Å². The molecular weight excluding hydrogens is 414 g/mol. The van der Waals surface area contributed by atoms with Gasteiger partial charge in [0.1, 0.15) is 0 Å². The zero-order chi connectivity index (χ0) is 23.5. The van der Waals surface area contributed by atoms with Gasteiger partial charge >= 0.3 is 5.97 Å². The Morgan fingerprint density at radius 1 is 0.969 bits per heavy atom. The van der Waals surface area contributed by atoms with Crippen LogP contribution in [0.15, 0.2) is 42.5 Å². The smallest absolute Gasteiger partial charge is 0.304 e. The highest BCUT2D eigenvalue weighted by Crippen LogP contribution is 2.38. The van der Waals surface area contributed by atoms with Gasteiger partial charge in [0, 0.05) is 11.5 Å². The first-order valence-electron chi connectivity index (χ1n) is 10.3. The second-order valence-corrected chi connectivity index (χ2v) is 7.23. The number of methoxy groups -OCH3 is 3. The second kappa shape index (κ2) is 12.3. The molecule has 0 saturated carbocycles. The normalized spacial score (nSPS) is 11.3. The van der Waals surface area contributed by atoms with Crippen LogP contribution in [-0.4, -0.2) is 50.6 Å². The van der Waals surface area contributed by atoms with Crippen molar-refractivity contribution in [2.24, 2.45) is 5.92 Å². The van der Waals surface area contributed by atoms with Crippen molar-refractivity contribution in [2.75, 3.05) is 27.9 Å². The van der Waals surface area contributed by atoms with Gasteiger partial charge in [0.25, 0.3) is 0 Å². The summed E-state index contributed by atoms with van der Waals surface area (Å²) >= 11 is 0. The molecule has 8 nitrogen and oxygen atoms in total. The summed E-state index contributed by atoms with van der Waals surface area (Å²) in [6, 6.07) is 12.3. The lowest BCUT2D eigenvalue weighted by Gasteiger charge is -2.16. The van der Waals surface area contributed by atoms with E-state index in [4.69, 9.17) is 14.2 Å². The van der Waals surface area contributed by atoms with E-state index in [0.717, 1.165) is 5.56 Å². The van der Waals surface area contributed by atoms with Crippen molar-refractivity contribution < 1.29 is 33.7 Å². The third kappa shape index (κ3) is 7.01. The summed E-state index contributed by atoms with van der Waals surface area (Å²) in [6.07, 6.45) is 1.20. The zero-order valence-electron chi connectivity index (χ0n) is 18.6. The quantitative estimate of drug-likeness (QED) is 0.458. The van der Waals surface area contributed by atoms with Gasteiger partial charge in [0.15, 0.2) is 17.3 Å². The number of Topliss-reactive ketones (excluding diaryl/α,β-unsaturated/α-hetero) is 1. The first kappa shape index (κ1) is 24.7. The van der Waals surface area contributed by atoms with Crippen LogP contribution >= 0.6 is 0 Å². The summed E-state index contributed by atoms with van der Waals surface area (Å²) in [5.41, 5.74) is 1.40. The van der Waals surface area contributed by atoms with E-state index in [0.29, 0.717) is 42.1 Å². The van der Waals surface area contributed by atoms with Gasteiger partial charge in [-0.15, -0.1) is 0 Å². The fourth-order valence-corrected chi connectivity index (χ4v) is 3.41. The number of benzene rings is 2. The first-order chi connectivity index (χ1) is 15.4. The van der Waals surface area contributed by atoms with Gasteiger partial charge in [0.2, 0.25) is 11.7 Å². The largest absolute Gasteiger partial charge is 0.493 e. The molecule has 0 aliphatic carbocycles. The number of amides is 1. The number of hydrogen-bond acceptors (Lipinski definition) is 6. The zero-order valence-corrected chi connectivity index (χ0v) is 18.6. The van der Waals surface area contributed by atoms with E-state index >= 15 is 0 Å². The fourth-order valence-electron chi connectivity index (χ4n) is 3.41. The fraction of sp³-hybridized carbons (Fsp3) is 0.375. The van der Waals surface area contributed by atoms with E-state index in [1.54, 1.807) is 30.3 Å². The van der Waals surface area contributed by atoms with Crippen LogP contribution in [0.4, 0.5) is 0 Å². The Labute approximate surface area is 187 Å². The SMILES string of the molecule is COc1cc(CCC[C@H](CC(=O)O)C(=O)NCC(=O)c2ccccc2)cc(OC)c1OC. The summed E-state index contributed by atoms with van der Waals surface area (Å²) in [4.78, 5) is 36.0. The Morgan fingerprint density at radius 2 is 1.59 bits per heavy atom. The minimum Gasteiger partial charge on any atom is -0.493 e. The molecule has 0 aliphatic heterocycles. The second-order valence-electron chi connectivity index (χ2n) is 7.23. The number of rotatable bonds is 13. The average Bonchev–Trinajstić information content (AvgIpc) is 2.81. The maximum atomic E-state index is 12.6. The molecule has 2 aromatic carbocycles. The molecule has 1 atom stereocenters. The number of ketones is 1. The van der Waals surface area contributed by atoms with Crippen molar-refractivity contribution in [1.29, 1.82) is 0 Å². The third-order valence-corrected chi connectivity index (χ3v) is 5.05. The summed E-state index contributed by atoms with van der Waals surface area (Å²) in [5.74, 6) is -0.926. The van der Waals surface area contributed by atoms with E-state index in [2.05, 4.69) is 5.32 Å².